The third-order valence-corrected chi connectivity index (χ3v) is 3.14. The average molecular weight is 270 g/mol. The van der Waals surface area contributed by atoms with Crippen LogP contribution >= 0.6 is 11.6 Å². The first-order valence-electron chi connectivity index (χ1n) is 6.05. The maximum atomic E-state index is 11.7. The number of carbonyl (C=O) groups excluding carboxylic acids is 1. The molecule has 0 saturated carbocycles. The second-order valence-corrected chi connectivity index (χ2v) is 5.12. The molecule has 0 radical (unpaired) electrons. The number of carbonyl (C=O) groups is 1. The Morgan fingerprint density at radius 2 is 2.00 bits per heavy atom. The largest absolute Gasteiger partial charge is 0.468 e. The minimum atomic E-state index is -0.316. The van der Waals surface area contributed by atoms with Crippen LogP contribution in [0.25, 0.3) is 0 Å². The van der Waals surface area contributed by atoms with Crippen molar-refractivity contribution >= 4 is 17.6 Å². The zero-order valence-corrected chi connectivity index (χ0v) is 12.0. The van der Waals surface area contributed by atoms with Gasteiger partial charge in [0.1, 0.15) is 6.04 Å². The summed E-state index contributed by atoms with van der Waals surface area (Å²) >= 11 is 5.96. The Morgan fingerprint density at radius 3 is 2.50 bits per heavy atom. The van der Waals surface area contributed by atoms with Gasteiger partial charge in [-0.15, -0.1) is 0 Å². The summed E-state index contributed by atoms with van der Waals surface area (Å²) in [4.78, 5) is 11.7. The van der Waals surface area contributed by atoms with E-state index in [9.17, 15) is 4.79 Å². The van der Waals surface area contributed by atoms with Gasteiger partial charge in [-0.05, 0) is 30.5 Å². The molecule has 3 nitrogen and oxygen atoms in total. The van der Waals surface area contributed by atoms with Crippen LogP contribution in [0, 0.1) is 5.92 Å². The highest BCUT2D eigenvalue weighted by molar-refractivity contribution is 6.30. The number of benzene rings is 1. The Morgan fingerprint density at radius 1 is 1.33 bits per heavy atom. The minimum absolute atomic E-state index is 0.0372. The van der Waals surface area contributed by atoms with E-state index in [0.29, 0.717) is 5.02 Å². The molecule has 0 aliphatic carbocycles. The third kappa shape index (κ3) is 4.00. The van der Waals surface area contributed by atoms with Crippen LogP contribution in [0.2, 0.25) is 5.02 Å². The smallest absolute Gasteiger partial charge is 0.323 e. The number of hydrogen-bond acceptors (Lipinski definition) is 3. The van der Waals surface area contributed by atoms with Crippen LogP contribution in [0.5, 0.6) is 0 Å². The molecule has 1 N–H and O–H groups in total. The molecular formula is C14H20ClNO2. The summed E-state index contributed by atoms with van der Waals surface area (Å²) in [5, 5.41) is 3.97. The second kappa shape index (κ2) is 6.76. The number of methoxy groups -OCH3 is 1. The molecule has 0 saturated heterocycles. The van der Waals surface area contributed by atoms with Crippen molar-refractivity contribution in [1.82, 2.24) is 5.32 Å². The summed E-state index contributed by atoms with van der Waals surface area (Å²) in [6.07, 6.45) is 0. The van der Waals surface area contributed by atoms with Crippen LogP contribution in [0.3, 0.4) is 0 Å². The topological polar surface area (TPSA) is 38.3 Å². The zero-order chi connectivity index (χ0) is 13.7. The molecule has 1 rings (SSSR count). The fraction of sp³-hybridized carbons (Fsp3) is 0.500. The van der Waals surface area contributed by atoms with Crippen LogP contribution in [-0.4, -0.2) is 19.1 Å². The number of halogens is 1. The lowest BCUT2D eigenvalue weighted by molar-refractivity contribution is -0.144. The highest BCUT2D eigenvalue weighted by atomic mass is 35.5. The Kier molecular flexibility index (Phi) is 5.63. The normalized spacial score (nSPS) is 14.3. The minimum Gasteiger partial charge on any atom is -0.468 e. The van der Waals surface area contributed by atoms with Crippen molar-refractivity contribution < 1.29 is 9.53 Å². The Bertz CT molecular complexity index is 407. The van der Waals surface area contributed by atoms with E-state index in [-0.39, 0.29) is 24.0 Å². The molecule has 18 heavy (non-hydrogen) atoms. The molecular weight excluding hydrogens is 250 g/mol. The number of ether oxygens (including phenoxy) is 1. The molecule has 0 aliphatic rings. The van der Waals surface area contributed by atoms with Gasteiger partial charge in [-0.3, -0.25) is 10.1 Å². The van der Waals surface area contributed by atoms with Gasteiger partial charge in [0.25, 0.3) is 0 Å². The van der Waals surface area contributed by atoms with Gasteiger partial charge in [0.05, 0.1) is 7.11 Å². The lowest BCUT2D eigenvalue weighted by atomic mass is 10.0. The predicted octanol–water partition coefficient (Wildman–Crippen LogP) is 3.19. The summed E-state index contributed by atoms with van der Waals surface area (Å²) in [6.45, 7) is 5.97. The van der Waals surface area contributed by atoms with Gasteiger partial charge in [-0.1, -0.05) is 37.6 Å². The number of rotatable bonds is 5. The molecule has 0 spiro atoms. The number of esters is 1. The van der Waals surface area contributed by atoms with Crippen LogP contribution in [0.4, 0.5) is 0 Å². The molecule has 2 atom stereocenters. The molecule has 1 aromatic rings. The fourth-order valence-electron chi connectivity index (χ4n) is 1.80. The lowest BCUT2D eigenvalue weighted by Crippen LogP contribution is -2.42. The Labute approximate surface area is 113 Å². The van der Waals surface area contributed by atoms with Gasteiger partial charge in [-0.2, -0.15) is 0 Å². The Hall–Kier alpha value is -1.06. The summed E-state index contributed by atoms with van der Waals surface area (Å²) in [5.41, 5.74) is 1.05. The number of hydrogen-bond donors (Lipinski definition) is 1. The van der Waals surface area contributed by atoms with E-state index in [4.69, 9.17) is 16.3 Å². The predicted molar refractivity (Wildman–Crippen MR) is 73.6 cm³/mol. The standard InChI is InChI=1S/C14H20ClNO2/c1-9(2)13(14(17)18-4)16-10(3)11-6-5-7-12(15)8-11/h5-10,13,16H,1-4H3. The van der Waals surface area contributed by atoms with Gasteiger partial charge in [0, 0.05) is 11.1 Å². The van der Waals surface area contributed by atoms with Crippen molar-refractivity contribution in [1.29, 1.82) is 0 Å². The lowest BCUT2D eigenvalue weighted by Gasteiger charge is -2.24. The van der Waals surface area contributed by atoms with Crippen molar-refractivity contribution in [2.24, 2.45) is 5.92 Å². The van der Waals surface area contributed by atoms with Gasteiger partial charge < -0.3 is 4.74 Å². The highest BCUT2D eigenvalue weighted by Gasteiger charge is 2.24. The molecule has 0 aromatic heterocycles. The molecule has 0 bridgehead atoms. The van der Waals surface area contributed by atoms with E-state index in [1.165, 1.54) is 7.11 Å². The first-order chi connectivity index (χ1) is 8.45. The van der Waals surface area contributed by atoms with Crippen LogP contribution in [0.1, 0.15) is 32.4 Å². The first kappa shape index (κ1) is 15.0. The second-order valence-electron chi connectivity index (χ2n) is 4.69. The van der Waals surface area contributed by atoms with Crippen molar-refractivity contribution in [3.63, 3.8) is 0 Å². The van der Waals surface area contributed by atoms with Crippen LogP contribution in [0.15, 0.2) is 24.3 Å². The van der Waals surface area contributed by atoms with Crippen molar-refractivity contribution in [3.05, 3.63) is 34.9 Å². The molecule has 4 heteroatoms. The van der Waals surface area contributed by atoms with E-state index in [0.717, 1.165) is 5.56 Å². The molecule has 2 unspecified atom stereocenters. The number of nitrogens with one attached hydrogen (secondary N) is 1. The highest BCUT2D eigenvalue weighted by Crippen LogP contribution is 2.19. The third-order valence-electron chi connectivity index (χ3n) is 2.90. The first-order valence-corrected chi connectivity index (χ1v) is 6.42. The van der Waals surface area contributed by atoms with Crippen molar-refractivity contribution in [3.8, 4) is 0 Å². The summed E-state index contributed by atoms with van der Waals surface area (Å²) in [7, 11) is 1.41. The summed E-state index contributed by atoms with van der Waals surface area (Å²) < 4.78 is 4.81. The summed E-state index contributed by atoms with van der Waals surface area (Å²) in [6, 6.07) is 7.34. The SMILES string of the molecule is COC(=O)C(NC(C)c1cccc(Cl)c1)C(C)C. The monoisotopic (exact) mass is 269 g/mol. The maximum absolute atomic E-state index is 11.7. The van der Waals surface area contributed by atoms with E-state index in [1.54, 1.807) is 0 Å². The van der Waals surface area contributed by atoms with Crippen molar-refractivity contribution in [2.75, 3.05) is 7.11 Å². The molecule has 1 aromatic carbocycles. The van der Waals surface area contributed by atoms with Crippen LogP contribution in [-0.2, 0) is 9.53 Å². The Balaban J connectivity index is 2.78. The molecule has 100 valence electrons. The molecule has 0 amide bonds. The van der Waals surface area contributed by atoms with Gasteiger partial charge in [0.15, 0.2) is 0 Å². The fourth-order valence-corrected chi connectivity index (χ4v) is 2.00. The van der Waals surface area contributed by atoms with Gasteiger partial charge in [0.2, 0.25) is 0 Å². The van der Waals surface area contributed by atoms with Crippen LogP contribution < -0.4 is 5.32 Å². The molecule has 0 fully saturated rings. The maximum Gasteiger partial charge on any atom is 0.323 e. The quantitative estimate of drug-likeness (QED) is 0.835. The zero-order valence-electron chi connectivity index (χ0n) is 11.2. The van der Waals surface area contributed by atoms with E-state index in [1.807, 2.05) is 45.0 Å². The average Bonchev–Trinajstić information content (AvgIpc) is 2.34. The summed E-state index contributed by atoms with van der Waals surface area (Å²) in [5.74, 6) is -0.0713. The molecule has 0 heterocycles. The van der Waals surface area contributed by atoms with Crippen molar-refractivity contribution in [2.45, 2.75) is 32.9 Å². The van der Waals surface area contributed by atoms with E-state index >= 15 is 0 Å². The van der Waals surface area contributed by atoms with Gasteiger partial charge >= 0.3 is 5.97 Å². The molecule has 0 aliphatic heterocycles. The van der Waals surface area contributed by atoms with Gasteiger partial charge in [-0.25, -0.2) is 0 Å². The van der Waals surface area contributed by atoms with E-state index < -0.39 is 0 Å². The van der Waals surface area contributed by atoms with E-state index in [2.05, 4.69) is 5.32 Å².